The summed E-state index contributed by atoms with van der Waals surface area (Å²) in [4.78, 5) is 23.1. The summed E-state index contributed by atoms with van der Waals surface area (Å²) in [5.41, 5.74) is 0.505. The fraction of sp³-hybridized carbons (Fsp3) is 0.214. The number of nitrogens with zero attached hydrogens (tertiary/aromatic N) is 2. The number of nitrogens with one attached hydrogen (secondary N) is 1. The van der Waals surface area contributed by atoms with Crippen LogP contribution < -0.4 is 15.6 Å². The summed E-state index contributed by atoms with van der Waals surface area (Å²) in [5.74, 6) is -0.395. The minimum atomic E-state index is -2.87. The van der Waals surface area contributed by atoms with Crippen molar-refractivity contribution in [3.63, 3.8) is 0 Å². The Morgan fingerprint density at radius 2 is 1.95 bits per heavy atom. The van der Waals surface area contributed by atoms with E-state index in [1.165, 1.54) is 31.3 Å². The first-order valence-corrected chi connectivity index (χ1v) is 6.32. The minimum Gasteiger partial charge on any atom is -0.435 e. The van der Waals surface area contributed by atoms with Crippen LogP contribution in [-0.4, -0.2) is 22.3 Å². The summed E-state index contributed by atoms with van der Waals surface area (Å²) in [6.45, 7) is -2.68. The molecule has 0 radical (unpaired) electrons. The lowest BCUT2D eigenvalue weighted by molar-refractivity contribution is -0.0498. The van der Waals surface area contributed by atoms with Gasteiger partial charge in [0.05, 0.1) is 0 Å². The van der Waals surface area contributed by atoms with Crippen molar-refractivity contribution < 1.29 is 18.3 Å². The number of ether oxygens (including phenoxy) is 1. The third-order valence-corrected chi connectivity index (χ3v) is 2.79. The van der Waals surface area contributed by atoms with Gasteiger partial charge in [-0.25, -0.2) is 4.68 Å². The van der Waals surface area contributed by atoms with E-state index < -0.39 is 12.5 Å². The maximum absolute atomic E-state index is 12.0. The van der Waals surface area contributed by atoms with Crippen molar-refractivity contribution in [3.05, 3.63) is 58.0 Å². The molecule has 0 unspecified atom stereocenters. The van der Waals surface area contributed by atoms with Gasteiger partial charge >= 0.3 is 6.61 Å². The zero-order valence-electron chi connectivity index (χ0n) is 11.6. The first-order valence-electron chi connectivity index (χ1n) is 6.32. The zero-order valence-corrected chi connectivity index (χ0v) is 11.6. The molecule has 0 bridgehead atoms. The molecule has 2 rings (SSSR count). The number of hydrogen-bond donors (Lipinski definition) is 1. The largest absolute Gasteiger partial charge is 0.435 e. The van der Waals surface area contributed by atoms with Crippen LogP contribution in [0.25, 0.3) is 0 Å². The fourth-order valence-electron chi connectivity index (χ4n) is 1.69. The monoisotopic (exact) mass is 309 g/mol. The lowest BCUT2D eigenvalue weighted by Crippen LogP contribution is -2.28. The van der Waals surface area contributed by atoms with E-state index in [1.807, 2.05) is 0 Å². The highest BCUT2D eigenvalue weighted by molar-refractivity contribution is 5.91. The van der Waals surface area contributed by atoms with E-state index >= 15 is 0 Å². The molecule has 1 N–H and O–H groups in total. The van der Waals surface area contributed by atoms with Crippen LogP contribution in [0.2, 0.25) is 0 Å². The molecule has 0 spiro atoms. The lowest BCUT2D eigenvalue weighted by Gasteiger charge is -2.07. The SMILES string of the molecule is Cn1nc(C(=O)NCc2ccc(OC(F)F)cc2)ccc1=O. The maximum atomic E-state index is 12.0. The number of halogens is 2. The molecule has 1 aromatic carbocycles. The van der Waals surface area contributed by atoms with Crippen LogP contribution in [0.3, 0.4) is 0 Å². The average molecular weight is 309 g/mol. The normalized spacial score (nSPS) is 10.5. The molecule has 1 amide bonds. The van der Waals surface area contributed by atoms with E-state index in [4.69, 9.17) is 0 Å². The Balaban J connectivity index is 1.95. The van der Waals surface area contributed by atoms with E-state index in [9.17, 15) is 18.4 Å². The van der Waals surface area contributed by atoms with Crippen molar-refractivity contribution in [2.75, 3.05) is 0 Å². The number of amides is 1. The van der Waals surface area contributed by atoms with Crippen LogP contribution in [0.4, 0.5) is 8.78 Å². The molecule has 0 aliphatic carbocycles. The van der Waals surface area contributed by atoms with E-state index in [1.54, 1.807) is 12.1 Å². The van der Waals surface area contributed by atoms with Gasteiger partial charge in [-0.3, -0.25) is 9.59 Å². The Hall–Kier alpha value is -2.77. The second-order valence-electron chi connectivity index (χ2n) is 4.39. The highest BCUT2D eigenvalue weighted by Crippen LogP contribution is 2.14. The minimum absolute atomic E-state index is 0.0461. The lowest BCUT2D eigenvalue weighted by atomic mass is 10.2. The predicted molar refractivity (Wildman–Crippen MR) is 73.7 cm³/mol. The predicted octanol–water partition coefficient (Wildman–Crippen LogP) is 1.31. The van der Waals surface area contributed by atoms with E-state index in [0.717, 1.165) is 4.68 Å². The van der Waals surface area contributed by atoms with Crippen LogP contribution in [0.5, 0.6) is 5.75 Å². The molecule has 0 aliphatic heterocycles. The van der Waals surface area contributed by atoms with E-state index in [2.05, 4.69) is 15.2 Å². The average Bonchev–Trinajstić information content (AvgIpc) is 2.48. The molecule has 2 aromatic rings. The van der Waals surface area contributed by atoms with Crippen LogP contribution in [0.15, 0.2) is 41.2 Å². The van der Waals surface area contributed by atoms with Crippen molar-refractivity contribution in [1.29, 1.82) is 0 Å². The van der Waals surface area contributed by atoms with Crippen LogP contribution in [-0.2, 0) is 13.6 Å². The fourth-order valence-corrected chi connectivity index (χ4v) is 1.69. The second kappa shape index (κ2) is 6.79. The smallest absolute Gasteiger partial charge is 0.387 e. The third kappa shape index (κ3) is 4.11. The Kier molecular flexibility index (Phi) is 4.82. The van der Waals surface area contributed by atoms with Crippen molar-refractivity contribution in [3.8, 4) is 5.75 Å². The highest BCUT2D eigenvalue weighted by Gasteiger charge is 2.08. The van der Waals surface area contributed by atoms with Gasteiger partial charge in [-0.1, -0.05) is 12.1 Å². The standard InChI is InChI=1S/C14H13F2N3O3/c1-19-12(20)7-6-11(18-19)13(21)17-8-9-2-4-10(5-3-9)22-14(15)16/h2-7,14H,8H2,1H3,(H,17,21). The summed E-state index contributed by atoms with van der Waals surface area (Å²) in [7, 11) is 1.45. The van der Waals surface area contributed by atoms with Gasteiger partial charge < -0.3 is 10.1 Å². The summed E-state index contributed by atoms with van der Waals surface area (Å²) < 4.78 is 29.3. The first kappa shape index (κ1) is 15.6. The third-order valence-electron chi connectivity index (χ3n) is 2.79. The Morgan fingerprint density at radius 1 is 1.27 bits per heavy atom. The van der Waals surface area contributed by atoms with Gasteiger partial charge in [-0.15, -0.1) is 0 Å². The molecular formula is C14H13F2N3O3. The molecule has 1 aromatic heterocycles. The highest BCUT2D eigenvalue weighted by atomic mass is 19.3. The van der Waals surface area contributed by atoms with Gasteiger partial charge in [0.2, 0.25) is 0 Å². The summed E-state index contributed by atoms with van der Waals surface area (Å²) in [6.07, 6.45) is 0. The van der Waals surface area contributed by atoms with Crippen molar-refractivity contribution in [2.24, 2.45) is 7.05 Å². The molecule has 1 heterocycles. The first-order chi connectivity index (χ1) is 10.5. The van der Waals surface area contributed by atoms with Crippen molar-refractivity contribution in [1.82, 2.24) is 15.1 Å². The van der Waals surface area contributed by atoms with Crippen LogP contribution in [0.1, 0.15) is 16.1 Å². The molecule has 22 heavy (non-hydrogen) atoms. The van der Waals surface area contributed by atoms with Gasteiger partial charge in [0.1, 0.15) is 11.4 Å². The number of carbonyl (C=O) groups excluding carboxylic acids is 1. The number of aromatic nitrogens is 2. The molecule has 0 saturated heterocycles. The number of hydrogen-bond acceptors (Lipinski definition) is 4. The van der Waals surface area contributed by atoms with Gasteiger partial charge in [-0.05, 0) is 23.8 Å². The molecular weight excluding hydrogens is 296 g/mol. The number of benzene rings is 1. The molecule has 116 valence electrons. The quantitative estimate of drug-likeness (QED) is 0.904. The van der Waals surface area contributed by atoms with Gasteiger partial charge in [-0.2, -0.15) is 13.9 Å². The number of carbonyl (C=O) groups is 1. The van der Waals surface area contributed by atoms with Crippen LogP contribution >= 0.6 is 0 Å². The molecule has 0 aliphatic rings. The number of alkyl halides is 2. The van der Waals surface area contributed by atoms with Gasteiger partial charge in [0, 0.05) is 19.7 Å². The maximum Gasteiger partial charge on any atom is 0.387 e. The zero-order chi connectivity index (χ0) is 16.1. The number of aryl methyl sites for hydroxylation is 1. The number of rotatable bonds is 5. The molecule has 0 fully saturated rings. The Labute approximate surface area is 124 Å². The van der Waals surface area contributed by atoms with Crippen molar-refractivity contribution >= 4 is 5.91 Å². The molecule has 8 heteroatoms. The van der Waals surface area contributed by atoms with E-state index in [-0.39, 0.29) is 23.5 Å². The van der Waals surface area contributed by atoms with E-state index in [0.29, 0.717) is 5.56 Å². The van der Waals surface area contributed by atoms with Gasteiger partial charge in [0.15, 0.2) is 0 Å². The summed E-state index contributed by atoms with van der Waals surface area (Å²) in [6, 6.07) is 8.48. The molecule has 0 atom stereocenters. The van der Waals surface area contributed by atoms with Crippen LogP contribution in [0, 0.1) is 0 Å². The topological polar surface area (TPSA) is 73.2 Å². The summed E-state index contributed by atoms with van der Waals surface area (Å²) in [5, 5.41) is 6.44. The molecule has 6 nitrogen and oxygen atoms in total. The molecule has 0 saturated carbocycles. The second-order valence-corrected chi connectivity index (χ2v) is 4.39. The van der Waals surface area contributed by atoms with Crippen molar-refractivity contribution in [2.45, 2.75) is 13.2 Å². The Bertz CT molecular complexity index is 714. The Morgan fingerprint density at radius 3 is 2.55 bits per heavy atom. The summed E-state index contributed by atoms with van der Waals surface area (Å²) >= 11 is 0. The van der Waals surface area contributed by atoms with Gasteiger partial charge in [0.25, 0.3) is 11.5 Å².